The number of aryl methyl sites for hydroxylation is 2. The van der Waals surface area contributed by atoms with Gasteiger partial charge < -0.3 is 14.7 Å². The minimum Gasteiger partial charge on any atom is -0.461 e. The van der Waals surface area contributed by atoms with Crippen LogP contribution in [0.1, 0.15) is 11.5 Å². The molecule has 8 heteroatoms. The monoisotopic (exact) mass is 296 g/mol. The molecule has 0 aliphatic rings. The SMILES string of the molecule is Cc1noc(C)c1-c1cc2nc(-c3ccco3)nn2c(N)n1. The van der Waals surface area contributed by atoms with Crippen LogP contribution in [0, 0.1) is 13.8 Å². The summed E-state index contributed by atoms with van der Waals surface area (Å²) in [4.78, 5) is 8.80. The van der Waals surface area contributed by atoms with Gasteiger partial charge in [-0.05, 0) is 26.0 Å². The molecule has 0 saturated heterocycles. The zero-order chi connectivity index (χ0) is 15.3. The number of fused-ring (bicyclic) bond motifs is 1. The molecule has 0 spiro atoms. The highest BCUT2D eigenvalue weighted by atomic mass is 16.5. The number of anilines is 1. The van der Waals surface area contributed by atoms with Gasteiger partial charge in [0.1, 0.15) is 5.76 Å². The lowest BCUT2D eigenvalue weighted by atomic mass is 10.1. The summed E-state index contributed by atoms with van der Waals surface area (Å²) >= 11 is 0. The van der Waals surface area contributed by atoms with Crippen LogP contribution in [0.15, 0.2) is 33.4 Å². The average Bonchev–Trinajstić information content (AvgIpc) is 3.18. The predicted molar refractivity (Wildman–Crippen MR) is 77.9 cm³/mol. The molecule has 0 radical (unpaired) electrons. The number of aromatic nitrogens is 5. The summed E-state index contributed by atoms with van der Waals surface area (Å²) in [6.45, 7) is 3.68. The summed E-state index contributed by atoms with van der Waals surface area (Å²) < 4.78 is 12.0. The zero-order valence-electron chi connectivity index (χ0n) is 11.9. The molecule has 2 N–H and O–H groups in total. The van der Waals surface area contributed by atoms with Crippen LogP contribution in [0.5, 0.6) is 0 Å². The molecule has 0 bridgehead atoms. The highest BCUT2D eigenvalue weighted by molar-refractivity contribution is 5.69. The van der Waals surface area contributed by atoms with E-state index in [0.717, 1.165) is 11.3 Å². The third-order valence-corrected chi connectivity index (χ3v) is 3.38. The zero-order valence-corrected chi connectivity index (χ0v) is 11.9. The lowest BCUT2D eigenvalue weighted by molar-refractivity contribution is 0.393. The Morgan fingerprint density at radius 3 is 2.77 bits per heavy atom. The van der Waals surface area contributed by atoms with Gasteiger partial charge in [-0.15, -0.1) is 5.10 Å². The van der Waals surface area contributed by atoms with Gasteiger partial charge in [-0.25, -0.2) is 9.97 Å². The van der Waals surface area contributed by atoms with E-state index in [9.17, 15) is 0 Å². The quantitative estimate of drug-likeness (QED) is 0.604. The number of furan rings is 1. The fourth-order valence-corrected chi connectivity index (χ4v) is 2.40. The van der Waals surface area contributed by atoms with Gasteiger partial charge >= 0.3 is 0 Å². The molecular weight excluding hydrogens is 284 g/mol. The normalized spacial score (nSPS) is 11.4. The summed E-state index contributed by atoms with van der Waals surface area (Å²) in [5.41, 5.74) is 8.79. The maximum Gasteiger partial charge on any atom is 0.223 e. The molecular formula is C14H12N6O2. The van der Waals surface area contributed by atoms with Gasteiger partial charge in [0.25, 0.3) is 0 Å². The van der Waals surface area contributed by atoms with Crippen molar-refractivity contribution in [1.82, 2.24) is 24.7 Å². The summed E-state index contributed by atoms with van der Waals surface area (Å²) in [6, 6.07) is 5.36. The Bertz CT molecular complexity index is 947. The molecule has 0 aliphatic heterocycles. The van der Waals surface area contributed by atoms with E-state index in [0.29, 0.717) is 28.7 Å². The predicted octanol–water partition coefficient (Wildman–Crippen LogP) is 2.24. The van der Waals surface area contributed by atoms with E-state index in [2.05, 4.69) is 20.2 Å². The Labute approximate surface area is 124 Å². The molecule has 0 atom stereocenters. The first-order valence-electron chi connectivity index (χ1n) is 6.64. The standard InChI is InChI=1S/C14H12N6O2/c1-7-12(8(2)22-19-7)9-6-11-17-13(10-4-3-5-21-10)18-20(11)14(15)16-9/h3-6H,1-2H3,(H2,15,16). The lowest BCUT2D eigenvalue weighted by Gasteiger charge is -2.02. The Balaban J connectivity index is 1.93. The molecule has 0 unspecified atom stereocenters. The van der Waals surface area contributed by atoms with E-state index in [1.807, 2.05) is 13.8 Å². The fraction of sp³-hybridized carbons (Fsp3) is 0.143. The minimum absolute atomic E-state index is 0.234. The summed E-state index contributed by atoms with van der Waals surface area (Å²) in [7, 11) is 0. The number of nitrogens with zero attached hydrogens (tertiary/aromatic N) is 5. The van der Waals surface area contributed by atoms with Crippen molar-refractivity contribution in [3.8, 4) is 22.8 Å². The topological polar surface area (TPSA) is 108 Å². The van der Waals surface area contributed by atoms with E-state index in [4.69, 9.17) is 14.7 Å². The first-order valence-corrected chi connectivity index (χ1v) is 6.64. The van der Waals surface area contributed by atoms with Crippen LogP contribution in [-0.4, -0.2) is 24.7 Å². The van der Waals surface area contributed by atoms with E-state index in [-0.39, 0.29) is 5.95 Å². The third-order valence-electron chi connectivity index (χ3n) is 3.38. The van der Waals surface area contributed by atoms with Crippen molar-refractivity contribution < 1.29 is 8.94 Å². The molecule has 4 heterocycles. The molecule has 4 aromatic heterocycles. The van der Waals surface area contributed by atoms with Crippen molar-refractivity contribution in [1.29, 1.82) is 0 Å². The van der Waals surface area contributed by atoms with Gasteiger partial charge in [-0.1, -0.05) is 5.16 Å². The van der Waals surface area contributed by atoms with E-state index >= 15 is 0 Å². The molecule has 0 fully saturated rings. The van der Waals surface area contributed by atoms with Gasteiger partial charge in [0.05, 0.1) is 23.2 Å². The highest BCUT2D eigenvalue weighted by Gasteiger charge is 2.17. The van der Waals surface area contributed by atoms with Crippen LogP contribution in [0.2, 0.25) is 0 Å². The van der Waals surface area contributed by atoms with E-state index in [1.165, 1.54) is 4.52 Å². The molecule has 8 nitrogen and oxygen atoms in total. The van der Waals surface area contributed by atoms with Crippen LogP contribution in [0.25, 0.3) is 28.5 Å². The molecule has 22 heavy (non-hydrogen) atoms. The van der Waals surface area contributed by atoms with Gasteiger partial charge in [0.15, 0.2) is 11.4 Å². The van der Waals surface area contributed by atoms with Crippen molar-refractivity contribution in [3.63, 3.8) is 0 Å². The van der Waals surface area contributed by atoms with Crippen molar-refractivity contribution >= 4 is 11.6 Å². The average molecular weight is 296 g/mol. The third kappa shape index (κ3) is 1.77. The summed E-state index contributed by atoms with van der Waals surface area (Å²) in [5.74, 6) is 1.94. The Hall–Kier alpha value is -3.16. The minimum atomic E-state index is 0.234. The number of hydrogen-bond donors (Lipinski definition) is 1. The molecule has 0 amide bonds. The molecule has 0 aromatic carbocycles. The van der Waals surface area contributed by atoms with E-state index in [1.54, 1.807) is 24.5 Å². The van der Waals surface area contributed by atoms with Crippen LogP contribution in [-0.2, 0) is 0 Å². The molecule has 4 aromatic rings. The largest absolute Gasteiger partial charge is 0.461 e. The highest BCUT2D eigenvalue weighted by Crippen LogP contribution is 2.27. The summed E-state index contributed by atoms with van der Waals surface area (Å²) in [6.07, 6.45) is 1.57. The molecule has 0 aliphatic carbocycles. The van der Waals surface area contributed by atoms with Crippen LogP contribution in [0.3, 0.4) is 0 Å². The molecule has 0 saturated carbocycles. The molecule has 4 rings (SSSR count). The van der Waals surface area contributed by atoms with Crippen LogP contribution in [0.4, 0.5) is 5.95 Å². The summed E-state index contributed by atoms with van der Waals surface area (Å²) in [5, 5.41) is 8.24. The van der Waals surface area contributed by atoms with Gasteiger partial charge in [-0.2, -0.15) is 4.52 Å². The van der Waals surface area contributed by atoms with Crippen molar-refractivity contribution in [2.75, 3.05) is 5.73 Å². The maximum atomic E-state index is 6.00. The van der Waals surface area contributed by atoms with Gasteiger partial charge in [-0.3, -0.25) is 0 Å². The van der Waals surface area contributed by atoms with Gasteiger partial charge in [0, 0.05) is 6.07 Å². The van der Waals surface area contributed by atoms with E-state index < -0.39 is 0 Å². The van der Waals surface area contributed by atoms with Gasteiger partial charge in [0.2, 0.25) is 11.8 Å². The number of rotatable bonds is 2. The number of hydrogen-bond acceptors (Lipinski definition) is 7. The van der Waals surface area contributed by atoms with Crippen molar-refractivity contribution in [2.24, 2.45) is 0 Å². The number of nitrogens with two attached hydrogens (primary N) is 1. The molecule has 110 valence electrons. The first-order chi connectivity index (χ1) is 10.6. The Kier molecular flexibility index (Phi) is 2.52. The second kappa shape index (κ2) is 4.42. The Morgan fingerprint density at radius 1 is 1.23 bits per heavy atom. The van der Waals surface area contributed by atoms with Crippen molar-refractivity contribution in [2.45, 2.75) is 13.8 Å². The first kappa shape index (κ1) is 12.6. The number of nitrogen functional groups attached to an aromatic ring is 1. The maximum absolute atomic E-state index is 6.00. The Morgan fingerprint density at radius 2 is 2.09 bits per heavy atom. The lowest BCUT2D eigenvalue weighted by Crippen LogP contribution is -2.03. The smallest absolute Gasteiger partial charge is 0.223 e. The van der Waals surface area contributed by atoms with Crippen LogP contribution < -0.4 is 5.73 Å². The van der Waals surface area contributed by atoms with Crippen molar-refractivity contribution in [3.05, 3.63) is 35.9 Å². The fourth-order valence-electron chi connectivity index (χ4n) is 2.40. The second-order valence-electron chi connectivity index (χ2n) is 4.88. The van der Waals surface area contributed by atoms with Crippen LogP contribution >= 0.6 is 0 Å². The second-order valence-corrected chi connectivity index (χ2v) is 4.88.